The second-order valence-corrected chi connectivity index (χ2v) is 9.64. The largest absolute Gasteiger partial charge is 0.416 e. The number of alkyl halides is 3. The molecule has 3 aliphatic heterocycles. The van der Waals surface area contributed by atoms with Crippen molar-refractivity contribution in [3.63, 3.8) is 0 Å². The number of nitrogens with zero attached hydrogens (tertiary/aromatic N) is 4. The van der Waals surface area contributed by atoms with E-state index < -0.39 is 41.1 Å². The van der Waals surface area contributed by atoms with Gasteiger partial charge in [-0.2, -0.15) is 13.2 Å². The number of likely N-dealkylation sites (N-methyl/N-ethyl adjacent to an activating group) is 1. The fourth-order valence-corrected chi connectivity index (χ4v) is 5.86. The minimum absolute atomic E-state index is 0.0254. The molecule has 12 heteroatoms. The number of nitrogens with one attached hydrogen (secondary N) is 1. The molecule has 1 fully saturated rings. The molecule has 2 bridgehead atoms. The van der Waals surface area contributed by atoms with Gasteiger partial charge in [-0.3, -0.25) is 9.20 Å². The van der Waals surface area contributed by atoms with Crippen molar-refractivity contribution in [2.45, 2.75) is 50.0 Å². The Morgan fingerprint density at radius 3 is 2.54 bits per heavy atom. The van der Waals surface area contributed by atoms with Crippen molar-refractivity contribution in [1.82, 2.24) is 24.7 Å². The summed E-state index contributed by atoms with van der Waals surface area (Å²) < 4.78 is 82.9. The average molecular weight is 521 g/mol. The second kappa shape index (κ2) is 8.32. The van der Waals surface area contributed by atoms with Crippen LogP contribution in [0.4, 0.5) is 26.3 Å². The van der Waals surface area contributed by atoms with Gasteiger partial charge in [0.2, 0.25) is 0 Å². The number of piperidine rings is 1. The number of aromatic nitrogens is 2. The number of hydrogen-bond acceptors (Lipinski definition) is 4. The van der Waals surface area contributed by atoms with E-state index in [1.165, 1.54) is 15.6 Å². The lowest BCUT2D eigenvalue weighted by Gasteiger charge is -2.39. The second-order valence-electron chi connectivity index (χ2n) is 9.64. The zero-order valence-corrected chi connectivity index (χ0v) is 19.5. The molecule has 1 aromatic carbocycles. The van der Waals surface area contributed by atoms with Crippen LogP contribution < -0.4 is 5.32 Å². The highest BCUT2D eigenvalue weighted by molar-refractivity contribution is 5.94. The zero-order chi connectivity index (χ0) is 26.2. The summed E-state index contributed by atoms with van der Waals surface area (Å²) in [5.41, 5.74) is 0.682. The maximum atomic E-state index is 14.2. The van der Waals surface area contributed by atoms with Gasteiger partial charge >= 0.3 is 6.18 Å². The number of hydrogen-bond donors (Lipinski definition) is 1. The number of carbonyl (C=O) groups is 1. The predicted molar refractivity (Wildman–Crippen MR) is 119 cm³/mol. The summed E-state index contributed by atoms with van der Waals surface area (Å²) in [6, 6.07) is 2.77. The van der Waals surface area contributed by atoms with Gasteiger partial charge in [-0.25, -0.2) is 28.2 Å². The van der Waals surface area contributed by atoms with Crippen LogP contribution in [0.15, 0.2) is 47.9 Å². The summed E-state index contributed by atoms with van der Waals surface area (Å²) in [7, 11) is 1.59. The van der Waals surface area contributed by atoms with Gasteiger partial charge in [0.1, 0.15) is 11.3 Å². The van der Waals surface area contributed by atoms with Crippen LogP contribution in [0.5, 0.6) is 0 Å². The van der Waals surface area contributed by atoms with E-state index >= 15 is 0 Å². The van der Waals surface area contributed by atoms with Gasteiger partial charge in [-0.05, 0) is 61.1 Å². The number of hydrazine groups is 1. The first-order valence-electron chi connectivity index (χ1n) is 11.8. The van der Waals surface area contributed by atoms with Gasteiger partial charge in [0.25, 0.3) is 5.91 Å². The zero-order valence-electron chi connectivity index (χ0n) is 19.5. The van der Waals surface area contributed by atoms with Crippen LogP contribution in [0.1, 0.15) is 53.3 Å². The van der Waals surface area contributed by atoms with Gasteiger partial charge in [0.15, 0.2) is 17.5 Å². The van der Waals surface area contributed by atoms with Crippen LogP contribution in [0.2, 0.25) is 0 Å². The quantitative estimate of drug-likeness (QED) is 0.382. The normalized spacial score (nSPS) is 24.2. The topological polar surface area (TPSA) is 52.9 Å². The average Bonchev–Trinajstić information content (AvgIpc) is 3.39. The number of halogens is 6. The van der Waals surface area contributed by atoms with Gasteiger partial charge in [0.05, 0.1) is 23.5 Å². The minimum atomic E-state index is -4.56. The molecule has 1 unspecified atom stereocenters. The monoisotopic (exact) mass is 521 g/mol. The van der Waals surface area contributed by atoms with Crippen molar-refractivity contribution in [3.8, 4) is 0 Å². The van der Waals surface area contributed by atoms with Gasteiger partial charge in [-0.15, -0.1) is 0 Å². The molecule has 1 saturated heterocycles. The molecule has 3 aromatic rings. The molecule has 0 radical (unpaired) electrons. The molecule has 5 heterocycles. The molecular formula is C25H21F6N5O. The van der Waals surface area contributed by atoms with E-state index in [0.29, 0.717) is 12.1 Å². The van der Waals surface area contributed by atoms with Gasteiger partial charge in [0, 0.05) is 25.3 Å². The van der Waals surface area contributed by atoms with E-state index in [4.69, 9.17) is 0 Å². The van der Waals surface area contributed by atoms with E-state index in [9.17, 15) is 31.1 Å². The van der Waals surface area contributed by atoms with Crippen molar-refractivity contribution >= 4 is 11.6 Å². The Morgan fingerprint density at radius 2 is 1.84 bits per heavy atom. The van der Waals surface area contributed by atoms with Gasteiger partial charge < -0.3 is 5.32 Å². The van der Waals surface area contributed by atoms with Crippen LogP contribution in [-0.2, 0) is 6.18 Å². The molecule has 2 aromatic heterocycles. The third-order valence-electron chi connectivity index (χ3n) is 7.43. The molecular weight excluding hydrogens is 500 g/mol. The Bertz CT molecular complexity index is 1440. The van der Waals surface area contributed by atoms with Crippen LogP contribution in [0.25, 0.3) is 5.65 Å². The molecule has 0 saturated carbocycles. The van der Waals surface area contributed by atoms with Crippen LogP contribution in [-0.4, -0.2) is 44.4 Å². The highest BCUT2D eigenvalue weighted by Gasteiger charge is 2.48. The van der Waals surface area contributed by atoms with Crippen molar-refractivity contribution in [3.05, 3.63) is 82.2 Å². The highest BCUT2D eigenvalue weighted by atomic mass is 19.4. The maximum Gasteiger partial charge on any atom is 0.416 e. The van der Waals surface area contributed by atoms with Crippen molar-refractivity contribution < 1.29 is 31.1 Å². The number of carbonyl (C=O) groups excluding carboxylic acids is 1. The maximum absolute atomic E-state index is 14.2. The summed E-state index contributed by atoms with van der Waals surface area (Å²) in [5.74, 6) is -4.78. The minimum Gasteiger partial charge on any atom is -0.306 e. The van der Waals surface area contributed by atoms with E-state index in [0.717, 1.165) is 55.3 Å². The van der Waals surface area contributed by atoms with E-state index in [1.807, 2.05) is 0 Å². The molecule has 3 aliphatic rings. The van der Waals surface area contributed by atoms with Gasteiger partial charge in [-0.1, -0.05) is 0 Å². The number of pyridine rings is 1. The van der Waals surface area contributed by atoms with Crippen LogP contribution >= 0.6 is 0 Å². The molecule has 1 N–H and O–H groups in total. The first-order valence-corrected chi connectivity index (χ1v) is 11.8. The number of amides is 1. The van der Waals surface area contributed by atoms with Crippen molar-refractivity contribution in [1.29, 1.82) is 0 Å². The number of fused-ring (bicyclic) bond motifs is 4. The molecule has 6 nitrogen and oxygen atoms in total. The number of rotatable bonds is 2. The molecule has 0 aliphatic carbocycles. The Balaban J connectivity index is 1.46. The predicted octanol–water partition coefficient (Wildman–Crippen LogP) is 4.98. The lowest BCUT2D eigenvalue weighted by molar-refractivity contribution is -0.137. The third kappa shape index (κ3) is 3.72. The lowest BCUT2D eigenvalue weighted by atomic mass is 9.81. The third-order valence-corrected chi connectivity index (χ3v) is 7.43. The summed E-state index contributed by atoms with van der Waals surface area (Å²) in [5, 5.41) is 6.45. The molecule has 194 valence electrons. The molecule has 6 rings (SSSR count). The first-order chi connectivity index (χ1) is 17.5. The van der Waals surface area contributed by atoms with Crippen molar-refractivity contribution in [2.24, 2.45) is 0 Å². The fourth-order valence-electron chi connectivity index (χ4n) is 5.86. The Morgan fingerprint density at radius 1 is 1.11 bits per heavy atom. The Labute approximate surface area is 207 Å². The Hall–Kier alpha value is -3.38. The summed E-state index contributed by atoms with van der Waals surface area (Å²) in [4.78, 5) is 17.9. The van der Waals surface area contributed by atoms with E-state index in [2.05, 4.69) is 10.3 Å². The highest BCUT2D eigenvalue weighted by Crippen LogP contribution is 2.47. The SMILES string of the molecule is CN1C(c2cc(F)c(F)c(F)c2)C2=C([C@@H]3CCC[C@H](C2)N3)N1C(=O)c1cnc2cc(C(F)(F)F)ccn12. The fraction of sp³-hybridized carbons (Fsp3) is 0.360. The van der Waals surface area contributed by atoms with E-state index in [-0.39, 0.29) is 29.0 Å². The smallest absolute Gasteiger partial charge is 0.306 e. The molecule has 1 amide bonds. The molecule has 3 atom stereocenters. The summed E-state index contributed by atoms with van der Waals surface area (Å²) in [6.07, 6.45) is 0.855. The molecule has 0 spiro atoms. The summed E-state index contributed by atoms with van der Waals surface area (Å²) in [6.45, 7) is 0. The Kier molecular flexibility index (Phi) is 5.39. The van der Waals surface area contributed by atoms with E-state index in [1.54, 1.807) is 12.1 Å². The summed E-state index contributed by atoms with van der Waals surface area (Å²) >= 11 is 0. The van der Waals surface area contributed by atoms with Crippen LogP contribution in [0, 0.1) is 17.5 Å². The standard InChI is InChI=1S/C25H21F6N5O/c1-34-22(12-7-16(26)21(28)17(27)8-12)15-10-14-3-2-4-18(33-14)23(15)36(34)24(37)19-11-32-20-9-13(25(29,30)31)5-6-35(19)20/h5-9,11,14,18,22,33H,2-4,10H2,1H3/t14-,18+,22?/m1/s1. The lowest BCUT2D eigenvalue weighted by Crippen LogP contribution is -2.51. The first kappa shape index (κ1) is 24.0. The molecule has 37 heavy (non-hydrogen) atoms. The van der Waals surface area contributed by atoms with Crippen LogP contribution in [0.3, 0.4) is 0 Å². The number of benzene rings is 1. The number of imidazole rings is 1. The van der Waals surface area contributed by atoms with Crippen molar-refractivity contribution in [2.75, 3.05) is 7.05 Å².